The fourth-order valence-electron chi connectivity index (χ4n) is 1.13. The Labute approximate surface area is 95.2 Å². The molecular formula is C12H15ClO2. The summed E-state index contributed by atoms with van der Waals surface area (Å²) in [6.07, 6.45) is 0. The first kappa shape index (κ1) is 12.1. The van der Waals surface area contributed by atoms with Gasteiger partial charge in [-0.15, -0.1) is 0 Å². The number of ketones is 1. The molecule has 0 saturated carbocycles. The SMILES string of the molecule is CC(=O)c1ccc(OC(C)(C)C)c(Cl)c1. The molecule has 0 aliphatic carbocycles. The highest BCUT2D eigenvalue weighted by atomic mass is 35.5. The molecular weight excluding hydrogens is 212 g/mol. The number of rotatable bonds is 2. The van der Waals surface area contributed by atoms with Crippen molar-refractivity contribution in [1.29, 1.82) is 0 Å². The number of carbonyl (C=O) groups excluding carboxylic acids is 1. The summed E-state index contributed by atoms with van der Waals surface area (Å²) in [6, 6.07) is 5.07. The van der Waals surface area contributed by atoms with Gasteiger partial charge in [-0.05, 0) is 45.9 Å². The van der Waals surface area contributed by atoms with Crippen molar-refractivity contribution in [3.63, 3.8) is 0 Å². The summed E-state index contributed by atoms with van der Waals surface area (Å²) in [5, 5.41) is 0.470. The predicted molar refractivity (Wildman–Crippen MR) is 61.8 cm³/mol. The Morgan fingerprint density at radius 2 is 1.93 bits per heavy atom. The number of hydrogen-bond donors (Lipinski definition) is 0. The molecule has 0 amide bonds. The topological polar surface area (TPSA) is 26.3 Å². The minimum absolute atomic E-state index is 0.000733. The number of benzene rings is 1. The molecule has 1 aromatic carbocycles. The summed E-state index contributed by atoms with van der Waals surface area (Å²) < 4.78 is 5.62. The molecule has 0 atom stereocenters. The molecule has 3 heteroatoms. The number of Topliss-reactive ketones (excluding diaryl/α,β-unsaturated/α-hetero) is 1. The van der Waals surface area contributed by atoms with Crippen LogP contribution in [0.25, 0.3) is 0 Å². The van der Waals surface area contributed by atoms with E-state index in [9.17, 15) is 4.79 Å². The maximum absolute atomic E-state index is 11.1. The standard InChI is InChI=1S/C12H15ClO2/c1-8(14)9-5-6-11(10(13)7-9)15-12(2,3)4/h5-7H,1-4H3. The zero-order valence-electron chi connectivity index (χ0n) is 9.43. The third kappa shape index (κ3) is 3.56. The van der Waals surface area contributed by atoms with Crippen LogP contribution >= 0.6 is 11.6 Å². The molecule has 82 valence electrons. The van der Waals surface area contributed by atoms with Crippen LogP contribution in [0.2, 0.25) is 5.02 Å². The average Bonchev–Trinajstić information content (AvgIpc) is 2.05. The Bertz CT molecular complexity index is 378. The predicted octanol–water partition coefficient (Wildman–Crippen LogP) is 3.72. The van der Waals surface area contributed by atoms with Crippen LogP contribution in [0.4, 0.5) is 0 Å². The smallest absolute Gasteiger partial charge is 0.159 e. The van der Waals surface area contributed by atoms with Crippen molar-refractivity contribution in [3.8, 4) is 5.75 Å². The average molecular weight is 227 g/mol. The monoisotopic (exact) mass is 226 g/mol. The van der Waals surface area contributed by atoms with Gasteiger partial charge < -0.3 is 4.74 Å². The summed E-state index contributed by atoms with van der Waals surface area (Å²) in [5.74, 6) is 0.605. The molecule has 15 heavy (non-hydrogen) atoms. The summed E-state index contributed by atoms with van der Waals surface area (Å²) in [6.45, 7) is 7.35. The van der Waals surface area contributed by atoms with Gasteiger partial charge in [0.05, 0.1) is 5.02 Å². The van der Waals surface area contributed by atoms with Crippen molar-refractivity contribution >= 4 is 17.4 Å². The van der Waals surface area contributed by atoms with E-state index in [0.29, 0.717) is 16.3 Å². The highest BCUT2D eigenvalue weighted by Crippen LogP contribution is 2.28. The highest BCUT2D eigenvalue weighted by molar-refractivity contribution is 6.32. The molecule has 1 aromatic rings. The highest BCUT2D eigenvalue weighted by Gasteiger charge is 2.14. The molecule has 0 unspecified atom stereocenters. The zero-order chi connectivity index (χ0) is 11.6. The normalized spacial score (nSPS) is 11.3. The maximum atomic E-state index is 11.1. The number of halogens is 1. The van der Waals surface area contributed by atoms with Crippen LogP contribution in [0.5, 0.6) is 5.75 Å². The molecule has 0 fully saturated rings. The van der Waals surface area contributed by atoms with E-state index in [4.69, 9.17) is 16.3 Å². The number of carbonyl (C=O) groups is 1. The fourth-order valence-corrected chi connectivity index (χ4v) is 1.35. The van der Waals surface area contributed by atoms with Gasteiger partial charge in [-0.1, -0.05) is 11.6 Å². The molecule has 0 heterocycles. The van der Waals surface area contributed by atoms with Crippen LogP contribution in [0, 0.1) is 0 Å². The Kier molecular flexibility index (Phi) is 3.40. The Balaban J connectivity index is 2.99. The second-order valence-corrected chi connectivity index (χ2v) is 4.82. The lowest BCUT2D eigenvalue weighted by atomic mass is 10.1. The second kappa shape index (κ2) is 4.23. The van der Waals surface area contributed by atoms with Gasteiger partial charge in [0.15, 0.2) is 5.78 Å². The van der Waals surface area contributed by atoms with Crippen LogP contribution < -0.4 is 4.74 Å². The van der Waals surface area contributed by atoms with Crippen LogP contribution in [-0.2, 0) is 0 Å². The third-order valence-corrected chi connectivity index (χ3v) is 2.05. The summed E-state index contributed by atoms with van der Waals surface area (Å²) in [5.41, 5.74) is 0.308. The maximum Gasteiger partial charge on any atom is 0.159 e. The van der Waals surface area contributed by atoms with Gasteiger partial charge >= 0.3 is 0 Å². The van der Waals surface area contributed by atoms with Gasteiger partial charge in [-0.25, -0.2) is 0 Å². The molecule has 1 rings (SSSR count). The minimum atomic E-state index is -0.290. The molecule has 2 nitrogen and oxygen atoms in total. The minimum Gasteiger partial charge on any atom is -0.487 e. The van der Waals surface area contributed by atoms with Crippen molar-refractivity contribution in [2.75, 3.05) is 0 Å². The lowest BCUT2D eigenvalue weighted by Crippen LogP contribution is -2.23. The van der Waals surface area contributed by atoms with Crippen LogP contribution in [0.3, 0.4) is 0 Å². The van der Waals surface area contributed by atoms with Gasteiger partial charge in [0.25, 0.3) is 0 Å². The molecule has 0 aromatic heterocycles. The Morgan fingerprint density at radius 1 is 1.33 bits per heavy atom. The van der Waals surface area contributed by atoms with E-state index in [1.807, 2.05) is 20.8 Å². The van der Waals surface area contributed by atoms with E-state index in [0.717, 1.165) is 0 Å². The summed E-state index contributed by atoms with van der Waals surface area (Å²) in [7, 11) is 0. The van der Waals surface area contributed by atoms with Crippen molar-refractivity contribution < 1.29 is 9.53 Å². The quantitative estimate of drug-likeness (QED) is 0.719. The first-order valence-corrected chi connectivity index (χ1v) is 5.17. The van der Waals surface area contributed by atoms with E-state index >= 15 is 0 Å². The van der Waals surface area contributed by atoms with Crippen LogP contribution in [0.1, 0.15) is 38.1 Å². The molecule has 0 aliphatic rings. The van der Waals surface area contributed by atoms with Crippen LogP contribution in [0.15, 0.2) is 18.2 Å². The van der Waals surface area contributed by atoms with E-state index < -0.39 is 0 Å². The zero-order valence-corrected chi connectivity index (χ0v) is 10.2. The summed E-state index contributed by atoms with van der Waals surface area (Å²) >= 11 is 6.00. The first-order valence-electron chi connectivity index (χ1n) is 4.79. The van der Waals surface area contributed by atoms with Gasteiger partial charge in [-0.2, -0.15) is 0 Å². The van der Waals surface area contributed by atoms with E-state index in [-0.39, 0.29) is 11.4 Å². The molecule has 0 spiro atoms. The molecule has 0 radical (unpaired) electrons. The van der Waals surface area contributed by atoms with Crippen molar-refractivity contribution in [3.05, 3.63) is 28.8 Å². The van der Waals surface area contributed by atoms with Gasteiger partial charge in [0.1, 0.15) is 11.4 Å². The Morgan fingerprint density at radius 3 is 2.33 bits per heavy atom. The summed E-state index contributed by atoms with van der Waals surface area (Å²) in [4.78, 5) is 11.1. The largest absolute Gasteiger partial charge is 0.487 e. The molecule has 0 aliphatic heterocycles. The van der Waals surface area contributed by atoms with Crippen molar-refractivity contribution in [2.24, 2.45) is 0 Å². The third-order valence-electron chi connectivity index (χ3n) is 1.75. The first-order chi connectivity index (χ1) is 6.79. The lowest BCUT2D eigenvalue weighted by molar-refractivity contribution is 0.101. The van der Waals surface area contributed by atoms with E-state index in [1.54, 1.807) is 18.2 Å². The second-order valence-electron chi connectivity index (χ2n) is 4.42. The van der Waals surface area contributed by atoms with Gasteiger partial charge in [-0.3, -0.25) is 4.79 Å². The lowest BCUT2D eigenvalue weighted by Gasteiger charge is -2.22. The van der Waals surface area contributed by atoms with Crippen molar-refractivity contribution in [1.82, 2.24) is 0 Å². The fraction of sp³-hybridized carbons (Fsp3) is 0.417. The number of ether oxygens (including phenoxy) is 1. The number of hydrogen-bond acceptors (Lipinski definition) is 2. The molecule has 0 bridgehead atoms. The molecule has 0 saturated heterocycles. The van der Waals surface area contributed by atoms with Crippen molar-refractivity contribution in [2.45, 2.75) is 33.3 Å². The Hall–Kier alpha value is -1.02. The van der Waals surface area contributed by atoms with Crippen LogP contribution in [-0.4, -0.2) is 11.4 Å². The van der Waals surface area contributed by atoms with E-state index in [2.05, 4.69) is 0 Å². The van der Waals surface area contributed by atoms with Gasteiger partial charge in [0.2, 0.25) is 0 Å². The van der Waals surface area contributed by atoms with Gasteiger partial charge in [0, 0.05) is 5.56 Å². The van der Waals surface area contributed by atoms with E-state index in [1.165, 1.54) is 6.92 Å². The molecule has 0 N–H and O–H groups in total.